The lowest BCUT2D eigenvalue weighted by atomic mass is 10.3. The lowest BCUT2D eigenvalue weighted by molar-refractivity contribution is 0.460. The fraction of sp³-hybridized carbons (Fsp3) is 0.0833. The van der Waals surface area contributed by atoms with Gasteiger partial charge < -0.3 is 10.1 Å². The van der Waals surface area contributed by atoms with Crippen LogP contribution in [0.4, 0.5) is 5.82 Å². The van der Waals surface area contributed by atoms with Gasteiger partial charge in [0.15, 0.2) is 0 Å². The molecule has 1 heterocycles. The van der Waals surface area contributed by atoms with Gasteiger partial charge in [-0.3, -0.25) is 0 Å². The first-order valence-corrected chi connectivity index (χ1v) is 5.94. The molecule has 0 unspecified atom stereocenters. The van der Waals surface area contributed by atoms with Gasteiger partial charge in [0, 0.05) is 13.1 Å². The topological polar surface area (TPSA) is 34.1 Å². The number of benzene rings is 1. The van der Waals surface area contributed by atoms with Crippen molar-refractivity contribution in [1.29, 1.82) is 0 Å². The Kier molecular flexibility index (Phi) is 3.61. The summed E-state index contributed by atoms with van der Waals surface area (Å²) in [6, 6.07) is 13.5. The lowest BCUT2D eigenvalue weighted by Crippen LogP contribution is -1.94. The molecule has 4 heteroatoms. The van der Waals surface area contributed by atoms with Gasteiger partial charge in [0.1, 0.15) is 11.6 Å². The van der Waals surface area contributed by atoms with Crippen molar-refractivity contribution < 1.29 is 4.74 Å². The molecule has 0 aliphatic carbocycles. The second kappa shape index (κ2) is 5.16. The average Bonchev–Trinajstić information content (AvgIpc) is 2.32. The van der Waals surface area contributed by atoms with E-state index in [0.717, 1.165) is 15.1 Å². The predicted octanol–water partition coefficient (Wildman–Crippen LogP) is 3.52. The first-order valence-electron chi connectivity index (χ1n) is 4.87. The van der Waals surface area contributed by atoms with Crippen LogP contribution in [0.25, 0.3) is 0 Å². The van der Waals surface area contributed by atoms with Crippen LogP contribution in [0, 0.1) is 3.57 Å². The third kappa shape index (κ3) is 2.63. The molecule has 0 atom stereocenters. The number of nitrogens with zero attached hydrogens (tertiary/aromatic N) is 1. The molecule has 0 spiro atoms. The zero-order valence-corrected chi connectivity index (χ0v) is 10.9. The minimum Gasteiger partial charge on any atom is -0.438 e. The minimum atomic E-state index is 0.593. The molecule has 0 aliphatic rings. The van der Waals surface area contributed by atoms with E-state index in [0.29, 0.717) is 5.88 Å². The number of pyridine rings is 1. The van der Waals surface area contributed by atoms with E-state index in [1.54, 1.807) is 0 Å². The normalized spacial score (nSPS) is 9.88. The smallest absolute Gasteiger partial charge is 0.221 e. The standard InChI is InChI=1S/C12H11IN2O/c1-14-11-7-4-8-12(15-11)16-10-6-3-2-5-9(10)13/h2-8H,1H3,(H,14,15). The highest BCUT2D eigenvalue weighted by Gasteiger charge is 2.02. The van der Waals surface area contributed by atoms with Crippen molar-refractivity contribution in [2.24, 2.45) is 0 Å². The van der Waals surface area contributed by atoms with Gasteiger partial charge in [-0.15, -0.1) is 0 Å². The van der Waals surface area contributed by atoms with Crippen molar-refractivity contribution in [3.63, 3.8) is 0 Å². The first kappa shape index (κ1) is 11.2. The largest absolute Gasteiger partial charge is 0.438 e. The number of halogens is 1. The Morgan fingerprint density at radius 1 is 1.12 bits per heavy atom. The van der Waals surface area contributed by atoms with Crippen LogP contribution in [0.2, 0.25) is 0 Å². The fourth-order valence-electron chi connectivity index (χ4n) is 1.25. The second-order valence-corrected chi connectivity index (χ2v) is 4.31. The second-order valence-electron chi connectivity index (χ2n) is 3.14. The summed E-state index contributed by atoms with van der Waals surface area (Å²) in [6.45, 7) is 0. The van der Waals surface area contributed by atoms with Crippen molar-refractivity contribution in [3.05, 3.63) is 46.0 Å². The summed E-state index contributed by atoms with van der Waals surface area (Å²) in [4.78, 5) is 4.29. The van der Waals surface area contributed by atoms with Gasteiger partial charge in [-0.1, -0.05) is 18.2 Å². The Labute approximate surface area is 108 Å². The molecule has 0 saturated heterocycles. The minimum absolute atomic E-state index is 0.593. The van der Waals surface area contributed by atoms with Gasteiger partial charge in [-0.05, 0) is 40.8 Å². The highest BCUT2D eigenvalue weighted by Crippen LogP contribution is 2.25. The van der Waals surface area contributed by atoms with Crippen LogP contribution < -0.4 is 10.1 Å². The Morgan fingerprint density at radius 3 is 2.69 bits per heavy atom. The van der Waals surface area contributed by atoms with E-state index < -0.39 is 0 Å². The Balaban J connectivity index is 2.24. The van der Waals surface area contributed by atoms with E-state index in [9.17, 15) is 0 Å². The molecule has 2 aromatic rings. The van der Waals surface area contributed by atoms with Gasteiger partial charge in [0.2, 0.25) is 5.88 Å². The summed E-state index contributed by atoms with van der Waals surface area (Å²) in [5.41, 5.74) is 0. The molecular formula is C12H11IN2O. The summed E-state index contributed by atoms with van der Waals surface area (Å²) in [5.74, 6) is 2.21. The van der Waals surface area contributed by atoms with Gasteiger partial charge in [-0.25, -0.2) is 0 Å². The molecule has 0 amide bonds. The molecule has 2 rings (SSSR count). The van der Waals surface area contributed by atoms with Gasteiger partial charge in [0.05, 0.1) is 3.57 Å². The van der Waals surface area contributed by atoms with E-state index in [2.05, 4.69) is 32.9 Å². The zero-order chi connectivity index (χ0) is 11.4. The Hall–Kier alpha value is -1.30. The summed E-state index contributed by atoms with van der Waals surface area (Å²) < 4.78 is 6.76. The number of anilines is 1. The molecular weight excluding hydrogens is 315 g/mol. The van der Waals surface area contributed by atoms with Crippen molar-refractivity contribution in [3.8, 4) is 11.6 Å². The maximum absolute atomic E-state index is 5.69. The van der Waals surface area contributed by atoms with Crippen molar-refractivity contribution in [2.45, 2.75) is 0 Å². The van der Waals surface area contributed by atoms with E-state index in [1.165, 1.54) is 0 Å². The van der Waals surface area contributed by atoms with Crippen LogP contribution in [0.15, 0.2) is 42.5 Å². The molecule has 1 N–H and O–H groups in total. The van der Waals surface area contributed by atoms with Crippen LogP contribution >= 0.6 is 22.6 Å². The number of para-hydroxylation sites is 1. The van der Waals surface area contributed by atoms with Gasteiger partial charge in [-0.2, -0.15) is 4.98 Å². The zero-order valence-electron chi connectivity index (χ0n) is 8.77. The van der Waals surface area contributed by atoms with E-state index >= 15 is 0 Å². The molecule has 1 aromatic heterocycles. The Morgan fingerprint density at radius 2 is 1.94 bits per heavy atom. The molecule has 3 nitrogen and oxygen atoms in total. The molecule has 0 fully saturated rings. The van der Waals surface area contributed by atoms with Crippen molar-refractivity contribution >= 4 is 28.4 Å². The monoisotopic (exact) mass is 326 g/mol. The van der Waals surface area contributed by atoms with Crippen LogP contribution in [-0.2, 0) is 0 Å². The molecule has 82 valence electrons. The summed E-state index contributed by atoms with van der Waals surface area (Å²) >= 11 is 2.24. The van der Waals surface area contributed by atoms with E-state index in [-0.39, 0.29) is 0 Å². The molecule has 16 heavy (non-hydrogen) atoms. The molecule has 0 bridgehead atoms. The van der Waals surface area contributed by atoms with Gasteiger partial charge in [0.25, 0.3) is 0 Å². The number of ether oxygens (including phenoxy) is 1. The summed E-state index contributed by atoms with van der Waals surface area (Å²) in [5, 5.41) is 2.97. The van der Waals surface area contributed by atoms with Crippen molar-refractivity contribution in [2.75, 3.05) is 12.4 Å². The third-order valence-corrected chi connectivity index (χ3v) is 2.92. The van der Waals surface area contributed by atoms with Crippen LogP contribution in [0.3, 0.4) is 0 Å². The van der Waals surface area contributed by atoms with Crippen LogP contribution in [0.5, 0.6) is 11.6 Å². The average molecular weight is 326 g/mol. The van der Waals surface area contributed by atoms with E-state index in [4.69, 9.17) is 4.74 Å². The molecule has 0 radical (unpaired) electrons. The van der Waals surface area contributed by atoms with Gasteiger partial charge >= 0.3 is 0 Å². The highest BCUT2D eigenvalue weighted by molar-refractivity contribution is 14.1. The summed E-state index contributed by atoms with van der Waals surface area (Å²) in [6.07, 6.45) is 0. The third-order valence-electron chi connectivity index (χ3n) is 2.03. The van der Waals surface area contributed by atoms with Crippen molar-refractivity contribution in [1.82, 2.24) is 4.98 Å². The highest BCUT2D eigenvalue weighted by atomic mass is 127. The first-order chi connectivity index (χ1) is 7.79. The lowest BCUT2D eigenvalue weighted by Gasteiger charge is -2.07. The molecule has 0 saturated carbocycles. The number of nitrogens with one attached hydrogen (secondary N) is 1. The molecule has 1 aromatic carbocycles. The SMILES string of the molecule is CNc1cccc(Oc2ccccc2I)n1. The fourth-order valence-corrected chi connectivity index (χ4v) is 1.75. The quantitative estimate of drug-likeness (QED) is 0.877. The van der Waals surface area contributed by atoms with Crippen LogP contribution in [0.1, 0.15) is 0 Å². The maximum Gasteiger partial charge on any atom is 0.221 e. The number of aromatic nitrogens is 1. The van der Waals surface area contributed by atoms with E-state index in [1.807, 2.05) is 49.5 Å². The number of rotatable bonds is 3. The Bertz CT molecular complexity index is 488. The predicted molar refractivity (Wildman–Crippen MR) is 73.0 cm³/mol. The number of hydrogen-bond donors (Lipinski definition) is 1. The number of hydrogen-bond acceptors (Lipinski definition) is 3. The van der Waals surface area contributed by atoms with Crippen LogP contribution in [-0.4, -0.2) is 12.0 Å². The molecule has 0 aliphatic heterocycles. The maximum atomic E-state index is 5.69. The summed E-state index contributed by atoms with van der Waals surface area (Å²) in [7, 11) is 1.83.